The number of hydrogen-bond donors (Lipinski definition) is 2. The molecular formula is C10H15NO6S2. The van der Waals surface area contributed by atoms with Gasteiger partial charge in [0.25, 0.3) is 0 Å². The molecule has 1 rings (SSSR count). The average Bonchev–Trinajstić information content (AvgIpc) is 2.73. The Balaban J connectivity index is 2.91. The molecule has 0 spiro atoms. The largest absolute Gasteiger partial charge is 0.477 e. The van der Waals surface area contributed by atoms with Gasteiger partial charge in [-0.05, 0) is 13.0 Å². The maximum atomic E-state index is 12.0. The van der Waals surface area contributed by atoms with Crippen LogP contribution in [0.25, 0.3) is 0 Å². The molecule has 0 amide bonds. The number of aromatic carboxylic acids is 1. The second-order valence-corrected chi connectivity index (χ2v) is 6.58. The number of sulfonamides is 1. The van der Waals surface area contributed by atoms with E-state index in [0.29, 0.717) is 4.88 Å². The highest BCUT2D eigenvalue weighted by Gasteiger charge is 2.23. The lowest BCUT2D eigenvalue weighted by molar-refractivity contribution is -0.0960. The van der Waals surface area contributed by atoms with E-state index in [-0.39, 0.29) is 16.3 Å². The van der Waals surface area contributed by atoms with Crippen LogP contribution in [0, 0.1) is 6.92 Å². The summed E-state index contributed by atoms with van der Waals surface area (Å²) in [5, 5.41) is 8.84. The molecular weight excluding hydrogens is 294 g/mol. The third-order valence-corrected chi connectivity index (χ3v) is 5.06. The number of carboxylic acids is 1. The molecule has 0 fully saturated rings. The van der Waals surface area contributed by atoms with Gasteiger partial charge in [-0.15, -0.1) is 11.3 Å². The number of carbonyl (C=O) groups is 1. The van der Waals surface area contributed by atoms with Gasteiger partial charge in [0.1, 0.15) is 4.88 Å². The molecule has 0 atom stereocenters. The summed E-state index contributed by atoms with van der Waals surface area (Å²) in [6.45, 7) is 1.49. The van der Waals surface area contributed by atoms with Gasteiger partial charge in [-0.3, -0.25) is 0 Å². The summed E-state index contributed by atoms with van der Waals surface area (Å²) in [4.78, 5) is 11.2. The van der Waals surface area contributed by atoms with E-state index in [2.05, 4.69) is 4.72 Å². The number of nitrogens with one attached hydrogen (secondary N) is 1. The third kappa shape index (κ3) is 3.98. The molecule has 0 saturated carbocycles. The van der Waals surface area contributed by atoms with Gasteiger partial charge >= 0.3 is 5.97 Å². The van der Waals surface area contributed by atoms with Gasteiger partial charge in [0.05, 0.1) is 11.4 Å². The first kappa shape index (κ1) is 16.1. The lowest BCUT2D eigenvalue weighted by Crippen LogP contribution is -2.34. The molecule has 19 heavy (non-hydrogen) atoms. The molecule has 108 valence electrons. The normalized spacial score (nSPS) is 12.0. The Morgan fingerprint density at radius 3 is 2.47 bits per heavy atom. The van der Waals surface area contributed by atoms with Crippen molar-refractivity contribution in [3.8, 4) is 0 Å². The first-order valence-electron chi connectivity index (χ1n) is 5.20. The van der Waals surface area contributed by atoms with Crippen LogP contribution in [0.5, 0.6) is 0 Å². The molecule has 7 nitrogen and oxygen atoms in total. The number of hydrogen-bond acceptors (Lipinski definition) is 6. The van der Waals surface area contributed by atoms with Crippen LogP contribution in [0.4, 0.5) is 0 Å². The molecule has 2 N–H and O–H groups in total. The van der Waals surface area contributed by atoms with Crippen molar-refractivity contribution >= 4 is 27.3 Å². The van der Waals surface area contributed by atoms with Crippen LogP contribution < -0.4 is 4.72 Å². The van der Waals surface area contributed by atoms with Crippen LogP contribution >= 0.6 is 11.3 Å². The van der Waals surface area contributed by atoms with E-state index in [1.807, 2.05) is 0 Å². The summed E-state index contributed by atoms with van der Waals surface area (Å²) >= 11 is 0.914. The highest BCUT2D eigenvalue weighted by atomic mass is 32.2. The maximum Gasteiger partial charge on any atom is 0.345 e. The molecule has 1 aromatic rings. The Morgan fingerprint density at radius 2 is 2.05 bits per heavy atom. The summed E-state index contributed by atoms with van der Waals surface area (Å²) in [7, 11) is -1.00. The average molecular weight is 309 g/mol. The van der Waals surface area contributed by atoms with Crippen LogP contribution in [0.3, 0.4) is 0 Å². The quantitative estimate of drug-likeness (QED) is 0.717. The smallest absolute Gasteiger partial charge is 0.345 e. The Morgan fingerprint density at radius 1 is 1.47 bits per heavy atom. The zero-order valence-corrected chi connectivity index (χ0v) is 12.3. The minimum atomic E-state index is -3.78. The Kier molecular flexibility index (Phi) is 5.44. The van der Waals surface area contributed by atoms with Crippen molar-refractivity contribution in [3.63, 3.8) is 0 Å². The van der Waals surface area contributed by atoms with Crippen LogP contribution in [0.15, 0.2) is 11.0 Å². The molecule has 1 heterocycles. The summed E-state index contributed by atoms with van der Waals surface area (Å²) in [6, 6.07) is 1.14. The molecule has 0 bridgehead atoms. The van der Waals surface area contributed by atoms with Gasteiger partial charge in [-0.1, -0.05) is 0 Å². The van der Waals surface area contributed by atoms with Gasteiger partial charge in [0, 0.05) is 19.1 Å². The molecule has 9 heteroatoms. The van der Waals surface area contributed by atoms with Crippen molar-refractivity contribution in [3.05, 3.63) is 15.8 Å². The molecule has 0 aliphatic rings. The van der Waals surface area contributed by atoms with Crippen molar-refractivity contribution < 1.29 is 27.8 Å². The third-order valence-electron chi connectivity index (χ3n) is 2.34. The fraction of sp³-hybridized carbons (Fsp3) is 0.500. The van der Waals surface area contributed by atoms with E-state index in [0.717, 1.165) is 17.4 Å². The van der Waals surface area contributed by atoms with E-state index in [4.69, 9.17) is 14.6 Å². The predicted molar refractivity (Wildman–Crippen MR) is 69.0 cm³/mol. The first-order chi connectivity index (χ1) is 8.81. The molecule has 1 aromatic heterocycles. The van der Waals surface area contributed by atoms with Gasteiger partial charge < -0.3 is 14.6 Å². The Bertz CT molecular complexity index is 546. The summed E-state index contributed by atoms with van der Waals surface area (Å²) < 4.78 is 36.1. The standard InChI is InChI=1S/C10H15NO6S2/c1-6-8(4-7(18-6)10(12)13)19(14,15)11-5-9(16-2)17-3/h4,9,11H,5H2,1-3H3,(H,12,13). The summed E-state index contributed by atoms with van der Waals surface area (Å²) in [6.07, 6.45) is -0.701. The van der Waals surface area contributed by atoms with Gasteiger partial charge in [0.2, 0.25) is 10.0 Å². The zero-order chi connectivity index (χ0) is 14.6. The van der Waals surface area contributed by atoms with E-state index in [1.54, 1.807) is 6.92 Å². The number of ether oxygens (including phenoxy) is 2. The second kappa shape index (κ2) is 6.44. The summed E-state index contributed by atoms with van der Waals surface area (Å²) in [5.41, 5.74) is 0. The fourth-order valence-corrected chi connectivity index (χ4v) is 3.80. The molecule has 0 aromatic carbocycles. The monoisotopic (exact) mass is 309 g/mol. The highest BCUT2D eigenvalue weighted by Crippen LogP contribution is 2.25. The molecule has 0 radical (unpaired) electrons. The van der Waals surface area contributed by atoms with Crippen molar-refractivity contribution in [1.82, 2.24) is 4.72 Å². The van der Waals surface area contributed by atoms with Gasteiger partial charge in [-0.2, -0.15) is 0 Å². The van der Waals surface area contributed by atoms with Crippen molar-refractivity contribution in [2.45, 2.75) is 18.1 Å². The zero-order valence-electron chi connectivity index (χ0n) is 10.7. The molecule has 0 unspecified atom stereocenters. The molecule has 0 aliphatic heterocycles. The minimum absolute atomic E-state index is 0.0205. The number of aryl methyl sites for hydroxylation is 1. The molecule has 0 saturated heterocycles. The molecule has 0 aliphatic carbocycles. The van der Waals surface area contributed by atoms with Crippen LogP contribution in [0.2, 0.25) is 0 Å². The summed E-state index contributed by atoms with van der Waals surface area (Å²) in [5.74, 6) is -1.15. The number of rotatable bonds is 7. The van der Waals surface area contributed by atoms with E-state index in [1.165, 1.54) is 14.2 Å². The number of methoxy groups -OCH3 is 2. The van der Waals surface area contributed by atoms with E-state index in [9.17, 15) is 13.2 Å². The number of thiophene rings is 1. The lowest BCUT2D eigenvalue weighted by Gasteiger charge is -2.14. The van der Waals surface area contributed by atoms with Crippen molar-refractivity contribution in [2.24, 2.45) is 0 Å². The second-order valence-electron chi connectivity index (χ2n) is 3.59. The van der Waals surface area contributed by atoms with Crippen LogP contribution in [-0.2, 0) is 19.5 Å². The van der Waals surface area contributed by atoms with Crippen LogP contribution in [0.1, 0.15) is 14.5 Å². The maximum absolute atomic E-state index is 12.0. The first-order valence-corrected chi connectivity index (χ1v) is 7.50. The van der Waals surface area contributed by atoms with Crippen LogP contribution in [-0.4, -0.2) is 46.5 Å². The van der Waals surface area contributed by atoms with E-state index < -0.39 is 22.3 Å². The highest BCUT2D eigenvalue weighted by molar-refractivity contribution is 7.89. The Hall–Kier alpha value is -1.00. The topological polar surface area (TPSA) is 102 Å². The minimum Gasteiger partial charge on any atom is -0.477 e. The van der Waals surface area contributed by atoms with Gasteiger partial charge in [0.15, 0.2) is 6.29 Å². The Labute approximate surface area is 115 Å². The van der Waals surface area contributed by atoms with Crippen molar-refractivity contribution in [2.75, 3.05) is 20.8 Å². The fourth-order valence-electron chi connectivity index (χ4n) is 1.36. The lowest BCUT2D eigenvalue weighted by atomic mass is 10.4. The van der Waals surface area contributed by atoms with E-state index >= 15 is 0 Å². The SMILES string of the molecule is COC(CNS(=O)(=O)c1cc(C(=O)O)sc1C)OC. The van der Waals surface area contributed by atoms with Gasteiger partial charge in [-0.25, -0.2) is 17.9 Å². The van der Waals surface area contributed by atoms with Crippen molar-refractivity contribution in [1.29, 1.82) is 0 Å². The predicted octanol–water partition coefficient (Wildman–Crippen LogP) is 0.652. The number of carboxylic acid groups (broad SMARTS) is 1.